The average molecular weight is 562 g/mol. The van der Waals surface area contributed by atoms with Crippen molar-refractivity contribution in [1.82, 2.24) is 4.90 Å². The van der Waals surface area contributed by atoms with Crippen molar-refractivity contribution in [3.05, 3.63) is 87.2 Å². The summed E-state index contributed by atoms with van der Waals surface area (Å²) in [6.07, 6.45) is 1.91. The normalized spacial score (nSPS) is 20.4. The maximum atomic E-state index is 14.0. The van der Waals surface area contributed by atoms with Crippen LogP contribution in [0.25, 0.3) is 0 Å². The van der Waals surface area contributed by atoms with Crippen molar-refractivity contribution in [1.29, 1.82) is 0 Å². The van der Waals surface area contributed by atoms with Crippen LogP contribution >= 0.6 is 11.6 Å². The molecule has 6 nitrogen and oxygen atoms in total. The van der Waals surface area contributed by atoms with E-state index in [0.29, 0.717) is 54.2 Å². The first-order valence-electron chi connectivity index (χ1n) is 13.8. The Morgan fingerprint density at radius 1 is 0.900 bits per heavy atom. The summed E-state index contributed by atoms with van der Waals surface area (Å²) in [5.74, 6) is -0.827. The van der Waals surface area contributed by atoms with E-state index >= 15 is 0 Å². The van der Waals surface area contributed by atoms with Gasteiger partial charge in [0, 0.05) is 58.4 Å². The quantitative estimate of drug-likeness (QED) is 0.389. The minimum Gasteiger partial charge on any atom is -0.489 e. The number of hydrogen-bond acceptors (Lipinski definition) is 5. The van der Waals surface area contributed by atoms with Crippen LogP contribution < -0.4 is 4.74 Å². The maximum absolute atomic E-state index is 14.0. The van der Waals surface area contributed by atoms with E-state index in [9.17, 15) is 19.5 Å². The molecule has 0 bridgehead atoms. The number of nitrogens with zero attached hydrogens (tertiary/aromatic N) is 1. The fourth-order valence-corrected chi connectivity index (χ4v) is 6.55. The van der Waals surface area contributed by atoms with Gasteiger partial charge >= 0.3 is 5.97 Å². The summed E-state index contributed by atoms with van der Waals surface area (Å²) in [5.41, 5.74) is 4.10. The van der Waals surface area contributed by atoms with Crippen LogP contribution in [0.15, 0.2) is 71.1 Å². The van der Waals surface area contributed by atoms with Gasteiger partial charge in [-0.25, -0.2) is 0 Å². The zero-order valence-electron chi connectivity index (χ0n) is 23.6. The third-order valence-corrected chi connectivity index (χ3v) is 8.36. The van der Waals surface area contributed by atoms with Crippen molar-refractivity contribution < 1.29 is 24.2 Å². The van der Waals surface area contributed by atoms with E-state index in [4.69, 9.17) is 16.3 Å². The zero-order valence-corrected chi connectivity index (χ0v) is 24.3. The number of ketones is 2. The van der Waals surface area contributed by atoms with Crippen LogP contribution in [-0.2, 0) is 21.0 Å². The topological polar surface area (TPSA) is 83.9 Å². The summed E-state index contributed by atoms with van der Waals surface area (Å²) in [6.45, 7) is 8.82. The number of carboxylic acids is 1. The molecule has 210 valence electrons. The molecule has 1 aliphatic heterocycles. The van der Waals surface area contributed by atoms with Crippen LogP contribution in [0.3, 0.4) is 0 Å². The average Bonchev–Trinajstić information content (AvgIpc) is 2.85. The van der Waals surface area contributed by atoms with Gasteiger partial charge in [-0.15, -0.1) is 0 Å². The molecule has 2 aliphatic carbocycles. The molecular weight excluding hydrogens is 526 g/mol. The van der Waals surface area contributed by atoms with Crippen molar-refractivity contribution in [2.75, 3.05) is 6.54 Å². The highest BCUT2D eigenvalue weighted by Crippen LogP contribution is 2.55. The number of aliphatic carboxylic acids is 1. The number of para-hydroxylation sites is 1. The van der Waals surface area contributed by atoms with Crippen molar-refractivity contribution in [3.63, 3.8) is 0 Å². The highest BCUT2D eigenvalue weighted by atomic mass is 35.5. The number of carbonyl (C=O) groups is 3. The first-order valence-corrected chi connectivity index (χ1v) is 14.2. The summed E-state index contributed by atoms with van der Waals surface area (Å²) in [7, 11) is 0. The predicted molar refractivity (Wildman–Crippen MR) is 154 cm³/mol. The van der Waals surface area contributed by atoms with Gasteiger partial charge in [-0.05, 0) is 47.4 Å². The molecule has 0 saturated heterocycles. The molecule has 5 rings (SSSR count). The molecule has 0 spiro atoms. The number of Topliss-reactive ketones (excluding diaryl/α,β-unsaturated/α-hetero) is 2. The van der Waals surface area contributed by atoms with Gasteiger partial charge in [0.1, 0.15) is 12.4 Å². The van der Waals surface area contributed by atoms with Gasteiger partial charge in [-0.1, -0.05) is 69.6 Å². The molecule has 0 amide bonds. The fraction of sp³-hybridized carbons (Fsp3) is 0.424. The Kier molecular flexibility index (Phi) is 7.43. The lowest BCUT2D eigenvalue weighted by molar-refractivity contribution is -0.137. The highest BCUT2D eigenvalue weighted by Gasteiger charge is 2.49. The second-order valence-electron chi connectivity index (χ2n) is 12.8. The smallest absolute Gasteiger partial charge is 0.305 e. The molecule has 0 aromatic heterocycles. The Labute approximate surface area is 240 Å². The van der Waals surface area contributed by atoms with E-state index in [1.165, 1.54) is 0 Å². The van der Waals surface area contributed by atoms with Gasteiger partial charge in [0.25, 0.3) is 0 Å². The second kappa shape index (κ2) is 10.5. The molecule has 0 atom stereocenters. The van der Waals surface area contributed by atoms with E-state index in [1.54, 1.807) is 0 Å². The van der Waals surface area contributed by atoms with Crippen LogP contribution in [0.2, 0.25) is 5.02 Å². The molecule has 0 unspecified atom stereocenters. The molecule has 3 aliphatic rings. The van der Waals surface area contributed by atoms with Crippen molar-refractivity contribution in [2.45, 2.75) is 72.3 Å². The largest absolute Gasteiger partial charge is 0.489 e. The third-order valence-electron chi connectivity index (χ3n) is 8.11. The summed E-state index contributed by atoms with van der Waals surface area (Å²) < 4.78 is 6.33. The Bertz CT molecular complexity index is 1380. The molecule has 1 N–H and O–H groups in total. The number of allylic oxidation sites excluding steroid dienone is 4. The number of hydrogen-bond donors (Lipinski definition) is 1. The van der Waals surface area contributed by atoms with Crippen LogP contribution in [0, 0.1) is 10.8 Å². The molecule has 0 fully saturated rings. The summed E-state index contributed by atoms with van der Waals surface area (Å²) in [5, 5.41) is 10.2. The van der Waals surface area contributed by atoms with Crippen molar-refractivity contribution >= 4 is 29.1 Å². The Balaban J connectivity index is 1.67. The molecule has 1 heterocycles. The Morgan fingerprint density at radius 2 is 1.45 bits per heavy atom. The first kappa shape index (κ1) is 28.2. The summed E-state index contributed by atoms with van der Waals surface area (Å²) in [4.78, 5) is 41.6. The first-order chi connectivity index (χ1) is 18.8. The van der Waals surface area contributed by atoms with Gasteiger partial charge in [0.05, 0.1) is 6.42 Å². The SMILES string of the molecule is CC1(C)CC(=O)C2=C(C1)N(CCC(=O)O)C1=C(C(=O)CC(C)(C)C1)C2c1ccccc1OCc1ccc(Cl)cc1. The van der Waals surface area contributed by atoms with E-state index in [2.05, 4.69) is 27.7 Å². The Morgan fingerprint density at radius 3 is 2.00 bits per heavy atom. The number of carboxylic acid groups (broad SMARTS) is 1. The monoisotopic (exact) mass is 561 g/mol. The van der Waals surface area contributed by atoms with Crippen molar-refractivity contribution in [2.24, 2.45) is 10.8 Å². The van der Waals surface area contributed by atoms with E-state index in [-0.39, 0.29) is 35.4 Å². The molecule has 40 heavy (non-hydrogen) atoms. The van der Waals surface area contributed by atoms with Gasteiger partial charge in [0.15, 0.2) is 11.6 Å². The molecule has 0 saturated carbocycles. The lowest BCUT2D eigenvalue weighted by atomic mass is 9.63. The van der Waals surface area contributed by atoms with Crippen LogP contribution in [-0.4, -0.2) is 34.1 Å². The fourth-order valence-electron chi connectivity index (χ4n) is 6.43. The highest BCUT2D eigenvalue weighted by molar-refractivity contribution is 6.30. The minimum atomic E-state index is -0.907. The number of benzene rings is 2. The number of halogens is 1. The third kappa shape index (κ3) is 5.60. The lowest BCUT2D eigenvalue weighted by Gasteiger charge is -2.49. The molecule has 7 heteroatoms. The maximum Gasteiger partial charge on any atom is 0.305 e. The van der Waals surface area contributed by atoms with Gasteiger partial charge in [-0.2, -0.15) is 0 Å². The Hall–Kier alpha value is -3.38. The zero-order chi connectivity index (χ0) is 28.8. The summed E-state index contributed by atoms with van der Waals surface area (Å²) in [6, 6.07) is 15.1. The van der Waals surface area contributed by atoms with Crippen LogP contribution in [0.1, 0.15) is 76.8 Å². The van der Waals surface area contributed by atoms with E-state index in [1.807, 2.05) is 53.4 Å². The van der Waals surface area contributed by atoms with Crippen LogP contribution in [0.5, 0.6) is 5.75 Å². The standard InChI is InChI=1S/C33H36ClNO5/c1-32(2)15-23-30(25(36)17-32)29(22-7-5-6-8-27(22)40-19-20-9-11-21(34)12-10-20)31-24(35(23)14-13-28(38)39)16-33(3,4)18-26(31)37/h5-12,29H,13-19H2,1-4H3,(H,38,39). The minimum absolute atomic E-state index is 0.00765. The number of carbonyl (C=O) groups excluding carboxylic acids is 2. The molecule has 2 aromatic carbocycles. The second-order valence-corrected chi connectivity index (χ2v) is 13.2. The van der Waals surface area contributed by atoms with Gasteiger partial charge < -0.3 is 14.7 Å². The van der Waals surface area contributed by atoms with Crippen molar-refractivity contribution in [3.8, 4) is 5.75 Å². The summed E-state index contributed by atoms with van der Waals surface area (Å²) >= 11 is 6.05. The van der Waals surface area contributed by atoms with E-state index in [0.717, 1.165) is 22.5 Å². The lowest BCUT2D eigenvalue weighted by Crippen LogP contribution is -2.45. The molecule has 0 radical (unpaired) electrons. The van der Waals surface area contributed by atoms with Gasteiger partial charge in [-0.3, -0.25) is 14.4 Å². The van der Waals surface area contributed by atoms with Crippen LogP contribution in [0.4, 0.5) is 0 Å². The van der Waals surface area contributed by atoms with Gasteiger partial charge in [0.2, 0.25) is 0 Å². The van der Waals surface area contributed by atoms with E-state index < -0.39 is 11.9 Å². The molecule has 2 aromatic rings. The predicted octanol–water partition coefficient (Wildman–Crippen LogP) is 7.08. The number of ether oxygens (including phenoxy) is 1. The number of rotatable bonds is 7. The molecular formula is C33H36ClNO5.